The molecule has 2 heterocycles. The standard InChI is InChI=1S/C22H21FN4OS2/c1-22(2)15-8-4-7-11-18(15)27(3)19(22)12-14(28)13-29-21-26-25-20(30-21)24-17-10-6-5-9-16(17)23/h4-12H,13H2,1-3H3,(H,24,25)/b19-12-. The van der Waals surface area contributed by atoms with E-state index in [0.717, 1.165) is 11.4 Å². The molecule has 1 aliphatic rings. The molecule has 30 heavy (non-hydrogen) atoms. The van der Waals surface area contributed by atoms with E-state index in [4.69, 9.17) is 0 Å². The predicted octanol–water partition coefficient (Wildman–Crippen LogP) is 5.39. The monoisotopic (exact) mass is 440 g/mol. The fourth-order valence-electron chi connectivity index (χ4n) is 3.58. The van der Waals surface area contributed by atoms with Gasteiger partial charge >= 0.3 is 0 Å². The number of para-hydroxylation sites is 2. The molecule has 2 aromatic carbocycles. The van der Waals surface area contributed by atoms with Crippen LogP contribution in [0.15, 0.2) is 64.6 Å². The molecular formula is C22H21FN4OS2. The maximum Gasteiger partial charge on any atom is 0.210 e. The molecule has 1 aromatic heterocycles. The lowest BCUT2D eigenvalue weighted by molar-refractivity contribution is -0.112. The van der Waals surface area contributed by atoms with E-state index in [-0.39, 0.29) is 22.8 Å². The molecule has 0 bridgehead atoms. The average Bonchev–Trinajstić information content (AvgIpc) is 3.25. The Morgan fingerprint density at radius 1 is 1.20 bits per heavy atom. The normalized spacial score (nSPS) is 16.0. The average molecular weight is 441 g/mol. The summed E-state index contributed by atoms with van der Waals surface area (Å²) in [5.41, 5.74) is 3.44. The number of nitrogens with zero attached hydrogens (tertiary/aromatic N) is 3. The number of ketones is 1. The van der Waals surface area contributed by atoms with Crippen molar-refractivity contribution < 1.29 is 9.18 Å². The Bertz CT molecular complexity index is 1130. The molecule has 0 aliphatic carbocycles. The Balaban J connectivity index is 1.41. The third kappa shape index (κ3) is 3.97. The van der Waals surface area contributed by atoms with E-state index in [1.807, 2.05) is 19.2 Å². The molecule has 5 nitrogen and oxygen atoms in total. The number of fused-ring (bicyclic) bond motifs is 1. The summed E-state index contributed by atoms with van der Waals surface area (Å²) in [5, 5.41) is 11.5. The van der Waals surface area contributed by atoms with Gasteiger partial charge in [0.2, 0.25) is 5.13 Å². The van der Waals surface area contributed by atoms with E-state index >= 15 is 0 Å². The molecular weight excluding hydrogens is 419 g/mol. The third-order valence-corrected chi connectivity index (χ3v) is 7.09. The Labute approximate surface area is 183 Å². The van der Waals surface area contributed by atoms with Gasteiger partial charge in [0, 0.05) is 29.9 Å². The molecule has 1 aliphatic heterocycles. The number of thioether (sulfide) groups is 1. The molecule has 4 rings (SSSR count). The highest BCUT2D eigenvalue weighted by molar-refractivity contribution is 8.01. The van der Waals surface area contributed by atoms with E-state index < -0.39 is 0 Å². The van der Waals surface area contributed by atoms with Crippen LogP contribution in [0.3, 0.4) is 0 Å². The number of halogens is 1. The first-order chi connectivity index (χ1) is 14.4. The van der Waals surface area contributed by atoms with Gasteiger partial charge in [-0.05, 0) is 23.8 Å². The summed E-state index contributed by atoms with van der Waals surface area (Å²) in [6, 6.07) is 14.6. The molecule has 0 radical (unpaired) electrons. The summed E-state index contributed by atoms with van der Waals surface area (Å²) in [4.78, 5) is 14.7. The Morgan fingerprint density at radius 3 is 2.70 bits per heavy atom. The summed E-state index contributed by atoms with van der Waals surface area (Å²) in [6.07, 6.45) is 1.73. The van der Waals surface area contributed by atoms with Gasteiger partial charge < -0.3 is 10.2 Å². The first kappa shape index (κ1) is 20.6. The number of hydrogen-bond donors (Lipinski definition) is 1. The fraction of sp³-hybridized carbons (Fsp3) is 0.227. The highest BCUT2D eigenvalue weighted by Crippen LogP contribution is 2.46. The molecule has 3 aromatic rings. The molecule has 0 fully saturated rings. The zero-order valence-electron chi connectivity index (χ0n) is 16.8. The summed E-state index contributed by atoms with van der Waals surface area (Å²) in [7, 11) is 1.99. The van der Waals surface area contributed by atoms with E-state index in [1.54, 1.807) is 24.3 Å². The molecule has 154 valence electrons. The second-order valence-corrected chi connectivity index (χ2v) is 9.66. The minimum absolute atomic E-state index is 0.0153. The van der Waals surface area contributed by atoms with E-state index in [0.29, 0.717) is 15.2 Å². The largest absolute Gasteiger partial charge is 0.347 e. The van der Waals surface area contributed by atoms with Crippen molar-refractivity contribution >= 4 is 45.4 Å². The highest BCUT2D eigenvalue weighted by Gasteiger charge is 2.38. The molecule has 0 saturated heterocycles. The van der Waals surface area contributed by atoms with Crippen LogP contribution < -0.4 is 10.2 Å². The van der Waals surface area contributed by atoms with Gasteiger partial charge in [-0.25, -0.2) is 4.39 Å². The van der Waals surface area contributed by atoms with Crippen molar-refractivity contribution in [2.75, 3.05) is 23.0 Å². The van der Waals surface area contributed by atoms with Gasteiger partial charge in [0.05, 0.1) is 11.4 Å². The van der Waals surface area contributed by atoms with Gasteiger partial charge in [0.1, 0.15) is 5.82 Å². The number of rotatable bonds is 6. The lowest BCUT2D eigenvalue weighted by Crippen LogP contribution is -2.24. The smallest absolute Gasteiger partial charge is 0.210 e. The quantitative estimate of drug-likeness (QED) is 0.409. The topological polar surface area (TPSA) is 58.1 Å². The molecule has 0 unspecified atom stereocenters. The Kier molecular flexibility index (Phi) is 5.62. The lowest BCUT2D eigenvalue weighted by Gasteiger charge is -2.23. The van der Waals surface area contributed by atoms with E-state index in [1.165, 1.54) is 34.7 Å². The number of carbonyl (C=O) groups excluding carboxylic acids is 1. The van der Waals surface area contributed by atoms with Crippen LogP contribution in [0.2, 0.25) is 0 Å². The van der Waals surface area contributed by atoms with Gasteiger partial charge in [0.15, 0.2) is 10.1 Å². The van der Waals surface area contributed by atoms with Crippen LogP contribution in [0.1, 0.15) is 19.4 Å². The number of allylic oxidation sites excluding steroid dienone is 2. The van der Waals surface area contributed by atoms with Crippen molar-refractivity contribution in [1.82, 2.24) is 10.2 Å². The summed E-state index contributed by atoms with van der Waals surface area (Å²) < 4.78 is 14.4. The minimum atomic E-state index is -0.354. The maximum absolute atomic E-state index is 13.8. The van der Waals surface area contributed by atoms with Gasteiger partial charge in [-0.1, -0.05) is 67.3 Å². The molecule has 0 amide bonds. The Morgan fingerprint density at radius 2 is 1.93 bits per heavy atom. The fourth-order valence-corrected chi connectivity index (χ4v) is 5.17. The van der Waals surface area contributed by atoms with Crippen molar-refractivity contribution in [3.05, 3.63) is 71.7 Å². The van der Waals surface area contributed by atoms with Crippen LogP contribution in [0.5, 0.6) is 0 Å². The van der Waals surface area contributed by atoms with Crippen LogP contribution in [0.25, 0.3) is 0 Å². The highest BCUT2D eigenvalue weighted by atomic mass is 32.2. The number of carbonyl (C=O) groups is 1. The molecule has 0 spiro atoms. The molecule has 0 atom stereocenters. The Hall–Kier alpha value is -2.71. The number of likely N-dealkylation sites (N-methyl/N-ethyl adjacent to an activating group) is 1. The van der Waals surface area contributed by atoms with Gasteiger partial charge in [-0.2, -0.15) is 0 Å². The third-order valence-electron chi connectivity index (χ3n) is 5.10. The first-order valence-electron chi connectivity index (χ1n) is 9.42. The maximum atomic E-state index is 13.8. The second kappa shape index (κ2) is 8.20. The summed E-state index contributed by atoms with van der Waals surface area (Å²) in [5.74, 6) is -0.0764. The molecule has 1 N–H and O–H groups in total. The zero-order valence-corrected chi connectivity index (χ0v) is 18.5. The van der Waals surface area contributed by atoms with Crippen molar-refractivity contribution in [2.45, 2.75) is 23.6 Å². The van der Waals surface area contributed by atoms with E-state index in [9.17, 15) is 9.18 Å². The predicted molar refractivity (Wildman–Crippen MR) is 121 cm³/mol. The van der Waals surface area contributed by atoms with Crippen LogP contribution in [0.4, 0.5) is 20.9 Å². The second-order valence-electron chi connectivity index (χ2n) is 7.46. The number of benzene rings is 2. The number of hydrogen-bond acceptors (Lipinski definition) is 7. The molecule has 0 saturated carbocycles. The summed E-state index contributed by atoms with van der Waals surface area (Å²) >= 11 is 2.62. The van der Waals surface area contributed by atoms with E-state index in [2.05, 4.69) is 46.4 Å². The lowest BCUT2D eigenvalue weighted by atomic mass is 9.83. The van der Waals surface area contributed by atoms with Crippen LogP contribution in [-0.2, 0) is 10.2 Å². The van der Waals surface area contributed by atoms with Crippen molar-refractivity contribution in [3.8, 4) is 0 Å². The zero-order chi connectivity index (χ0) is 21.3. The SMILES string of the molecule is CN1/C(=C\C(=O)CSc2nnc(Nc3ccccc3F)s2)C(C)(C)c2ccccc21. The number of aromatic nitrogens is 2. The van der Waals surface area contributed by atoms with Gasteiger partial charge in [-0.3, -0.25) is 4.79 Å². The van der Waals surface area contributed by atoms with Gasteiger partial charge in [0.25, 0.3) is 0 Å². The van der Waals surface area contributed by atoms with Crippen molar-refractivity contribution in [2.24, 2.45) is 0 Å². The minimum Gasteiger partial charge on any atom is -0.347 e. The van der Waals surface area contributed by atoms with Crippen LogP contribution >= 0.6 is 23.1 Å². The number of anilines is 3. The summed E-state index contributed by atoms with van der Waals surface area (Å²) in [6.45, 7) is 4.26. The van der Waals surface area contributed by atoms with Crippen molar-refractivity contribution in [1.29, 1.82) is 0 Å². The van der Waals surface area contributed by atoms with Crippen LogP contribution in [-0.4, -0.2) is 28.8 Å². The van der Waals surface area contributed by atoms with Crippen LogP contribution in [0, 0.1) is 5.82 Å². The molecule has 8 heteroatoms. The van der Waals surface area contributed by atoms with Gasteiger partial charge in [-0.15, -0.1) is 10.2 Å². The van der Waals surface area contributed by atoms with Crippen molar-refractivity contribution in [3.63, 3.8) is 0 Å². The number of nitrogens with one attached hydrogen (secondary N) is 1. The first-order valence-corrected chi connectivity index (χ1v) is 11.2.